The van der Waals surface area contributed by atoms with Crippen LogP contribution < -0.4 is 9.64 Å². The Kier molecular flexibility index (Phi) is 10.8. The molecule has 308 valence electrons. The third-order valence-corrected chi connectivity index (χ3v) is 12.3. The van der Waals surface area contributed by atoms with Gasteiger partial charge >= 0.3 is 0 Å². The molecule has 7 aromatic rings. The Balaban J connectivity index is 1.23. The molecule has 4 aromatic heterocycles. The zero-order chi connectivity index (χ0) is 42.7. The molecule has 60 heavy (non-hydrogen) atoms. The second-order valence-corrected chi connectivity index (χ2v) is 16.7. The van der Waals surface area contributed by atoms with Gasteiger partial charge in [-0.05, 0) is 121 Å². The second kappa shape index (κ2) is 15.9. The lowest BCUT2D eigenvalue weighted by molar-refractivity contribution is 0.0957. The fraction of sp³-hybridized carbons (Fsp3) is 0.304. The molecule has 1 aliphatic rings. The summed E-state index contributed by atoms with van der Waals surface area (Å²) in [5.41, 5.74) is 11.8. The summed E-state index contributed by atoms with van der Waals surface area (Å²) in [6, 6.07) is 13.9. The van der Waals surface area contributed by atoms with Gasteiger partial charge in [0, 0.05) is 82.8 Å². The Hall–Kier alpha value is -5.98. The third-order valence-electron chi connectivity index (χ3n) is 11.4. The molecule has 14 heteroatoms. The van der Waals surface area contributed by atoms with E-state index in [0.29, 0.717) is 48.5 Å². The largest absolute Gasteiger partial charge is 0.494 e. The van der Waals surface area contributed by atoms with Gasteiger partial charge in [0.1, 0.15) is 17.8 Å². The summed E-state index contributed by atoms with van der Waals surface area (Å²) in [5.74, 6) is 1.51. The lowest BCUT2D eigenvalue weighted by Gasteiger charge is -2.34. The smallest absolute Gasteiger partial charge is 0.275 e. The van der Waals surface area contributed by atoms with E-state index in [-0.39, 0.29) is 11.9 Å². The highest BCUT2D eigenvalue weighted by molar-refractivity contribution is 6.35. The number of rotatable bonds is 9. The Morgan fingerprint density at radius 1 is 1.00 bits per heavy atom. The van der Waals surface area contributed by atoms with E-state index in [9.17, 15) is 0 Å². The van der Waals surface area contributed by atoms with Crippen LogP contribution in [0, 0.1) is 27.7 Å². The molecule has 0 spiro atoms. The minimum atomic E-state index is -0.111. The molecular formula is C46H48Cl2N10O2. The van der Waals surface area contributed by atoms with Gasteiger partial charge in [0.2, 0.25) is 0 Å². The standard InChI is InChI=1S/C46H48Cl2N10O2/c1-25(2)21-50-46(49-8)57-24-51-44(53-57)31-13-16-37-35(20-31)38(23-54(37)9)56-22-28(5)58-42-34(14-15-36(47)40(42)39-29(6)52-55(10)30(39)7)33(43(58)45(56)59)12-11-17-60-32-18-26(3)41(48)27(4)19-32/h13-16,18-21,23-24,28H,8,11-12,17,22H2,1-7,9-10H3/b50-46+/t28-/m1/s1. The Morgan fingerprint density at radius 3 is 2.43 bits per heavy atom. The Morgan fingerprint density at radius 2 is 1.75 bits per heavy atom. The van der Waals surface area contributed by atoms with Crippen molar-refractivity contribution >= 4 is 69.3 Å². The second-order valence-electron chi connectivity index (χ2n) is 15.9. The van der Waals surface area contributed by atoms with E-state index in [1.807, 2.05) is 101 Å². The van der Waals surface area contributed by atoms with Gasteiger partial charge in [-0.25, -0.2) is 15.0 Å². The van der Waals surface area contributed by atoms with Crippen LogP contribution in [0.4, 0.5) is 5.69 Å². The van der Waals surface area contributed by atoms with Gasteiger partial charge in [-0.3, -0.25) is 9.48 Å². The number of nitrogens with zero attached hydrogens (tertiary/aromatic N) is 10. The van der Waals surface area contributed by atoms with E-state index in [4.69, 9.17) is 33.0 Å². The Labute approximate surface area is 359 Å². The number of hydrogen-bond donors (Lipinski definition) is 0. The number of aromatic nitrogens is 7. The minimum Gasteiger partial charge on any atom is -0.494 e. The molecule has 12 nitrogen and oxygen atoms in total. The van der Waals surface area contributed by atoms with Crippen LogP contribution >= 0.6 is 23.2 Å². The monoisotopic (exact) mass is 842 g/mol. The van der Waals surface area contributed by atoms with Crippen molar-refractivity contribution in [3.8, 4) is 28.3 Å². The number of ether oxygens (including phenoxy) is 1. The molecule has 0 fully saturated rings. The molecule has 0 unspecified atom stereocenters. The third kappa shape index (κ3) is 7.01. The molecule has 8 rings (SSSR count). The van der Waals surface area contributed by atoms with Crippen LogP contribution in [-0.2, 0) is 20.5 Å². The lowest BCUT2D eigenvalue weighted by Crippen LogP contribution is -2.42. The summed E-state index contributed by atoms with van der Waals surface area (Å²) in [7, 11) is 3.94. The number of benzene rings is 3. The van der Waals surface area contributed by atoms with Gasteiger partial charge < -0.3 is 18.8 Å². The van der Waals surface area contributed by atoms with Crippen molar-refractivity contribution in [2.45, 2.75) is 67.3 Å². The van der Waals surface area contributed by atoms with Crippen LogP contribution in [-0.4, -0.2) is 65.4 Å². The van der Waals surface area contributed by atoms with Crippen LogP contribution in [0.15, 0.2) is 76.7 Å². The first-order chi connectivity index (χ1) is 28.7. The number of fused-ring (bicyclic) bond motifs is 4. The van der Waals surface area contributed by atoms with Crippen molar-refractivity contribution in [1.29, 1.82) is 0 Å². The summed E-state index contributed by atoms with van der Waals surface area (Å²) >= 11 is 13.6. The number of aryl methyl sites for hydroxylation is 6. The number of aliphatic imine (C=N–C) groups is 2. The van der Waals surface area contributed by atoms with Crippen molar-refractivity contribution in [2.24, 2.45) is 24.1 Å². The maximum Gasteiger partial charge on any atom is 0.275 e. The number of allylic oxidation sites excluding steroid dienone is 1. The van der Waals surface area contributed by atoms with Crippen LogP contribution in [0.25, 0.3) is 44.3 Å². The van der Waals surface area contributed by atoms with Crippen LogP contribution in [0.3, 0.4) is 0 Å². The molecule has 1 aliphatic heterocycles. The molecule has 3 aromatic carbocycles. The minimum absolute atomic E-state index is 0.0802. The molecule has 0 saturated carbocycles. The molecule has 0 aliphatic carbocycles. The first kappa shape index (κ1) is 40.8. The fourth-order valence-corrected chi connectivity index (χ4v) is 8.87. The first-order valence-corrected chi connectivity index (χ1v) is 20.7. The van der Waals surface area contributed by atoms with E-state index in [1.54, 1.807) is 12.5 Å². The number of halogens is 2. The van der Waals surface area contributed by atoms with Gasteiger partial charge in [0.25, 0.3) is 11.9 Å². The first-order valence-electron chi connectivity index (χ1n) is 19.9. The molecule has 0 N–H and O–H groups in total. The molecule has 5 heterocycles. The highest BCUT2D eigenvalue weighted by atomic mass is 35.5. The van der Waals surface area contributed by atoms with Gasteiger partial charge in [0.05, 0.1) is 28.5 Å². The lowest BCUT2D eigenvalue weighted by atomic mass is 9.98. The topological polar surface area (TPSA) is 113 Å². The SMILES string of the molecule is C=N/C(=N\C=C(C)C)n1cnc(-c2ccc3c(c2)c(N2C[C@@H](C)n4c(c(CCCOc5cc(C)c(Cl)c(C)c5)c5ccc(Cl)c(-c6c(C)nn(C)c6C)c54)C2=O)cn3C)n1. The van der Waals surface area contributed by atoms with Crippen molar-refractivity contribution in [2.75, 3.05) is 18.1 Å². The van der Waals surface area contributed by atoms with Crippen LogP contribution in [0.5, 0.6) is 5.75 Å². The molecule has 0 saturated heterocycles. The van der Waals surface area contributed by atoms with Crippen LogP contribution in [0.1, 0.15) is 71.8 Å². The van der Waals surface area contributed by atoms with Crippen LogP contribution in [0.2, 0.25) is 10.0 Å². The summed E-state index contributed by atoms with van der Waals surface area (Å²) in [6.45, 7) is 18.7. The number of amides is 1. The number of carbonyl (C=O) groups is 1. The van der Waals surface area contributed by atoms with Gasteiger partial charge in [0.15, 0.2) is 5.82 Å². The number of anilines is 1. The van der Waals surface area contributed by atoms with E-state index < -0.39 is 0 Å². The van der Waals surface area contributed by atoms with E-state index in [0.717, 1.165) is 88.6 Å². The highest BCUT2D eigenvalue weighted by Crippen LogP contribution is 2.46. The molecule has 0 radical (unpaired) electrons. The Bertz CT molecular complexity index is 2920. The van der Waals surface area contributed by atoms with Gasteiger partial charge in [-0.2, -0.15) is 9.78 Å². The summed E-state index contributed by atoms with van der Waals surface area (Å²) in [6.07, 6.45) is 6.60. The van der Waals surface area contributed by atoms with Crippen molar-refractivity contribution < 1.29 is 9.53 Å². The van der Waals surface area contributed by atoms with E-state index in [1.165, 1.54) is 4.68 Å². The maximum absolute atomic E-state index is 15.4. The summed E-state index contributed by atoms with van der Waals surface area (Å²) < 4.78 is 13.9. The zero-order valence-electron chi connectivity index (χ0n) is 35.4. The summed E-state index contributed by atoms with van der Waals surface area (Å²) in [5, 5.41) is 12.7. The van der Waals surface area contributed by atoms with Gasteiger partial charge in [-0.15, -0.1) is 5.10 Å². The predicted octanol–water partition coefficient (Wildman–Crippen LogP) is 10.4. The molecule has 1 amide bonds. The van der Waals surface area contributed by atoms with Crippen molar-refractivity contribution in [1.82, 2.24) is 33.7 Å². The van der Waals surface area contributed by atoms with E-state index in [2.05, 4.69) is 55.8 Å². The molecule has 1 atom stereocenters. The highest BCUT2D eigenvalue weighted by Gasteiger charge is 2.37. The average Bonchev–Trinajstić information content (AvgIpc) is 3.97. The molecule has 0 bridgehead atoms. The number of carbonyl (C=O) groups excluding carboxylic acids is 1. The van der Waals surface area contributed by atoms with Crippen molar-refractivity contribution in [3.63, 3.8) is 0 Å². The number of hydrogen-bond acceptors (Lipinski definition) is 6. The van der Waals surface area contributed by atoms with Gasteiger partial charge in [-0.1, -0.05) is 34.8 Å². The quantitative estimate of drug-likeness (QED) is 0.0816. The average molecular weight is 844 g/mol. The normalized spacial score (nSPS) is 14.4. The zero-order valence-corrected chi connectivity index (χ0v) is 36.9. The van der Waals surface area contributed by atoms with E-state index >= 15 is 4.79 Å². The van der Waals surface area contributed by atoms with Crippen molar-refractivity contribution in [3.05, 3.63) is 111 Å². The predicted molar refractivity (Wildman–Crippen MR) is 244 cm³/mol. The fourth-order valence-electron chi connectivity index (χ4n) is 8.51. The summed E-state index contributed by atoms with van der Waals surface area (Å²) in [4.78, 5) is 30.3. The molecular weight excluding hydrogens is 795 g/mol. The maximum atomic E-state index is 15.4.